The lowest BCUT2D eigenvalue weighted by Crippen LogP contribution is -2.02. The number of hydrogen-bond donors (Lipinski definition) is 0. The van der Waals surface area contributed by atoms with E-state index in [-0.39, 0.29) is 8.80 Å². The molecule has 0 bridgehead atoms. The summed E-state index contributed by atoms with van der Waals surface area (Å²) in [6.45, 7) is 4.67. The molecule has 6 heavy (non-hydrogen) atoms. The Morgan fingerprint density at radius 2 is 2.00 bits per heavy atom. The summed E-state index contributed by atoms with van der Waals surface area (Å²) in [5.74, 6) is 0. The molecule has 2 heteroatoms. The van der Waals surface area contributed by atoms with Gasteiger partial charge in [-0.3, -0.25) is 0 Å². The average molecular weight is 119 g/mol. The fourth-order valence-corrected chi connectivity index (χ4v) is 2.60. The number of rotatable bonds is 2. The molecule has 0 aliphatic heterocycles. The van der Waals surface area contributed by atoms with E-state index in [1.54, 1.807) is 0 Å². The first-order valence-electron chi connectivity index (χ1n) is 2.05. The van der Waals surface area contributed by atoms with Gasteiger partial charge in [-0.25, -0.2) is 0 Å². The van der Waals surface area contributed by atoms with E-state index in [4.69, 9.17) is 0 Å². The molecule has 0 aromatic rings. The Balaban J connectivity index is 2.63. The third-order valence-corrected chi connectivity index (χ3v) is 3.90. The van der Waals surface area contributed by atoms with Gasteiger partial charge in [-0.15, -0.1) is 0 Å². The maximum absolute atomic E-state index is 2.33. The Morgan fingerprint density at radius 1 is 1.50 bits per heavy atom. The summed E-state index contributed by atoms with van der Waals surface area (Å²) in [4.78, 5) is 0. The van der Waals surface area contributed by atoms with Gasteiger partial charge in [-0.1, -0.05) is 13.1 Å². The second-order valence-electron chi connectivity index (χ2n) is 1.64. The van der Waals surface area contributed by atoms with Crippen molar-refractivity contribution in [2.24, 2.45) is 0 Å². The molecule has 0 aliphatic carbocycles. The Kier molecular flexibility index (Phi) is 4.10. The van der Waals surface area contributed by atoms with Crippen LogP contribution in [0.3, 0.4) is 0 Å². The molecular weight excluding hydrogens is 108 g/mol. The molecule has 0 fully saturated rings. The Labute approximate surface area is 45.9 Å². The van der Waals surface area contributed by atoms with Gasteiger partial charge in [0.1, 0.15) is 0 Å². The zero-order chi connectivity index (χ0) is 4.99. The monoisotopic (exact) mass is 119 g/mol. The Morgan fingerprint density at radius 3 is 2.00 bits per heavy atom. The molecular formula is C4H11SSi. The highest BCUT2D eigenvalue weighted by Crippen LogP contribution is 1.93. The van der Waals surface area contributed by atoms with Crippen LogP contribution in [0.5, 0.6) is 0 Å². The lowest BCUT2D eigenvalue weighted by atomic mass is 11.8. The fraction of sp³-hybridized carbons (Fsp3) is 1.00. The third kappa shape index (κ3) is 4.57. The number of hydrogen-bond acceptors (Lipinski definition) is 1. The quantitative estimate of drug-likeness (QED) is 0.498. The van der Waals surface area contributed by atoms with Crippen LogP contribution in [0.1, 0.15) is 0 Å². The first kappa shape index (κ1) is 6.57. The molecule has 0 saturated heterocycles. The molecule has 0 aliphatic rings. The molecule has 0 aromatic carbocycles. The SMILES string of the molecule is CSC[Si](C)C. The van der Waals surface area contributed by atoms with Crippen LogP contribution in [0, 0.1) is 0 Å². The largest absolute Gasteiger partial charge is 0.169 e. The van der Waals surface area contributed by atoms with Gasteiger partial charge in [-0.2, -0.15) is 11.8 Å². The predicted molar refractivity (Wildman–Crippen MR) is 35.9 cm³/mol. The molecule has 1 radical (unpaired) electrons. The lowest BCUT2D eigenvalue weighted by molar-refractivity contribution is 1.86. The molecule has 0 spiro atoms. The van der Waals surface area contributed by atoms with Gasteiger partial charge in [0.05, 0.1) is 8.80 Å². The summed E-state index contributed by atoms with van der Waals surface area (Å²) < 4.78 is 0. The minimum atomic E-state index is 0.0774. The van der Waals surface area contributed by atoms with Crippen LogP contribution in [0.4, 0.5) is 0 Å². The zero-order valence-corrected chi connectivity index (χ0v) is 6.43. The summed E-state index contributed by atoms with van der Waals surface area (Å²) in [5.41, 5.74) is 0. The van der Waals surface area contributed by atoms with Crippen molar-refractivity contribution in [3.8, 4) is 0 Å². The molecule has 37 valence electrons. The minimum absolute atomic E-state index is 0.0774. The topological polar surface area (TPSA) is 0 Å². The van der Waals surface area contributed by atoms with E-state index in [0.717, 1.165) is 0 Å². The smallest absolute Gasteiger partial charge is 0.0529 e. The minimum Gasteiger partial charge on any atom is -0.169 e. The van der Waals surface area contributed by atoms with Crippen LogP contribution in [-0.2, 0) is 0 Å². The highest BCUT2D eigenvalue weighted by atomic mass is 32.2. The van der Waals surface area contributed by atoms with E-state index < -0.39 is 0 Å². The molecule has 0 N–H and O–H groups in total. The maximum atomic E-state index is 2.33. The Hall–Kier alpha value is 0.567. The molecule has 0 saturated carbocycles. The van der Waals surface area contributed by atoms with Gasteiger partial charge < -0.3 is 0 Å². The summed E-state index contributed by atoms with van der Waals surface area (Å²) in [6, 6.07) is 0. The summed E-state index contributed by atoms with van der Waals surface area (Å²) >= 11 is 1.95. The predicted octanol–water partition coefficient (Wildman–Crippen LogP) is 1.64. The van der Waals surface area contributed by atoms with Gasteiger partial charge in [0, 0.05) is 0 Å². The lowest BCUT2D eigenvalue weighted by Gasteiger charge is -1.93. The van der Waals surface area contributed by atoms with E-state index in [1.807, 2.05) is 11.8 Å². The van der Waals surface area contributed by atoms with Crippen molar-refractivity contribution in [2.45, 2.75) is 13.1 Å². The van der Waals surface area contributed by atoms with Crippen molar-refractivity contribution in [1.82, 2.24) is 0 Å². The van der Waals surface area contributed by atoms with Crippen LogP contribution >= 0.6 is 11.8 Å². The van der Waals surface area contributed by atoms with E-state index in [9.17, 15) is 0 Å². The Bertz CT molecular complexity index is 28.7. The zero-order valence-electron chi connectivity index (χ0n) is 4.62. The summed E-state index contributed by atoms with van der Waals surface area (Å²) in [6.07, 6.45) is 2.16. The van der Waals surface area contributed by atoms with Crippen LogP contribution in [0.15, 0.2) is 0 Å². The highest BCUT2D eigenvalue weighted by Gasteiger charge is 1.88. The van der Waals surface area contributed by atoms with Crippen molar-refractivity contribution in [3.63, 3.8) is 0 Å². The normalized spacial score (nSPS) is 10.0. The standard InChI is InChI=1S/C4H11SSi/c1-5-4-6(2)3/h4H2,1-3H3. The molecule has 0 amide bonds. The molecule has 0 heterocycles. The van der Waals surface area contributed by atoms with Crippen molar-refractivity contribution < 1.29 is 0 Å². The van der Waals surface area contributed by atoms with Crippen LogP contribution in [0.25, 0.3) is 0 Å². The molecule has 0 unspecified atom stereocenters. The van der Waals surface area contributed by atoms with Gasteiger partial charge in [0.25, 0.3) is 0 Å². The summed E-state index contributed by atoms with van der Waals surface area (Å²) in [7, 11) is 0.0774. The molecule has 0 rings (SSSR count). The second kappa shape index (κ2) is 3.75. The van der Waals surface area contributed by atoms with Gasteiger partial charge in [0.15, 0.2) is 0 Å². The first-order valence-corrected chi connectivity index (χ1v) is 6.15. The van der Waals surface area contributed by atoms with Crippen molar-refractivity contribution >= 4 is 20.6 Å². The maximum Gasteiger partial charge on any atom is 0.0529 e. The van der Waals surface area contributed by atoms with E-state index in [2.05, 4.69) is 19.3 Å². The number of thioether (sulfide) groups is 1. The molecule has 0 nitrogen and oxygen atoms in total. The van der Waals surface area contributed by atoms with E-state index >= 15 is 0 Å². The van der Waals surface area contributed by atoms with Crippen molar-refractivity contribution in [2.75, 3.05) is 11.6 Å². The summed E-state index contributed by atoms with van der Waals surface area (Å²) in [5, 5.41) is 1.39. The van der Waals surface area contributed by atoms with Crippen molar-refractivity contribution in [1.29, 1.82) is 0 Å². The van der Waals surface area contributed by atoms with E-state index in [0.29, 0.717) is 0 Å². The van der Waals surface area contributed by atoms with Gasteiger partial charge in [0.2, 0.25) is 0 Å². The van der Waals surface area contributed by atoms with Gasteiger partial charge in [-0.05, 0) is 11.6 Å². The fourth-order valence-electron chi connectivity index (χ4n) is 0.289. The third-order valence-electron chi connectivity index (χ3n) is 0.433. The second-order valence-corrected chi connectivity index (χ2v) is 5.79. The van der Waals surface area contributed by atoms with Gasteiger partial charge >= 0.3 is 0 Å². The van der Waals surface area contributed by atoms with Crippen LogP contribution < -0.4 is 0 Å². The first-order chi connectivity index (χ1) is 2.77. The highest BCUT2D eigenvalue weighted by molar-refractivity contribution is 7.99. The average Bonchev–Trinajstić information content (AvgIpc) is 1.35. The molecule has 0 atom stereocenters. The molecule has 0 aromatic heterocycles. The van der Waals surface area contributed by atoms with Crippen LogP contribution in [0.2, 0.25) is 13.1 Å². The van der Waals surface area contributed by atoms with Crippen LogP contribution in [-0.4, -0.2) is 20.4 Å². The van der Waals surface area contributed by atoms with Crippen molar-refractivity contribution in [3.05, 3.63) is 0 Å². The van der Waals surface area contributed by atoms with E-state index in [1.165, 1.54) is 5.38 Å².